The summed E-state index contributed by atoms with van der Waals surface area (Å²) in [5.41, 5.74) is -0.513. The average Bonchev–Trinajstić information content (AvgIpc) is 2.09. The Labute approximate surface area is 94.5 Å². The van der Waals surface area contributed by atoms with Gasteiger partial charge in [0.25, 0.3) is 0 Å². The lowest BCUT2D eigenvalue weighted by atomic mass is 9.78. The highest BCUT2D eigenvalue weighted by Crippen LogP contribution is 2.29. The van der Waals surface area contributed by atoms with Crippen LogP contribution >= 0.6 is 0 Å². The summed E-state index contributed by atoms with van der Waals surface area (Å²) < 4.78 is 0. The summed E-state index contributed by atoms with van der Waals surface area (Å²) in [6, 6.07) is -0.671. The zero-order valence-electron chi connectivity index (χ0n) is 9.74. The van der Waals surface area contributed by atoms with Gasteiger partial charge in [0.2, 0.25) is 11.8 Å². The summed E-state index contributed by atoms with van der Waals surface area (Å²) in [6.45, 7) is 8.95. The van der Waals surface area contributed by atoms with E-state index < -0.39 is 29.2 Å². The van der Waals surface area contributed by atoms with Crippen LogP contribution in [0.3, 0.4) is 0 Å². The highest BCUT2D eigenvalue weighted by molar-refractivity contribution is 6.16. The molecular weight excluding hydrogens is 208 g/mol. The third-order valence-corrected chi connectivity index (χ3v) is 2.43. The van der Waals surface area contributed by atoms with Crippen molar-refractivity contribution in [3.05, 3.63) is 12.7 Å². The van der Waals surface area contributed by atoms with Crippen LogP contribution in [0.5, 0.6) is 0 Å². The Morgan fingerprint density at radius 1 is 1.38 bits per heavy atom. The van der Waals surface area contributed by atoms with Crippen molar-refractivity contribution in [2.24, 2.45) is 11.3 Å². The quantitative estimate of drug-likeness (QED) is 0.560. The molecule has 5 nitrogen and oxygen atoms in total. The molecule has 0 aromatic carbocycles. The van der Waals surface area contributed by atoms with Crippen molar-refractivity contribution in [3.63, 3.8) is 0 Å². The Bertz CT molecular complexity index is 355. The van der Waals surface area contributed by atoms with Crippen molar-refractivity contribution in [3.8, 4) is 0 Å². The summed E-state index contributed by atoms with van der Waals surface area (Å²) in [5, 5.41) is 2.18. The third-order valence-electron chi connectivity index (χ3n) is 2.43. The molecule has 1 unspecified atom stereocenters. The maximum atomic E-state index is 12.0. The first-order chi connectivity index (χ1) is 7.29. The predicted octanol–water partition coefficient (Wildman–Crippen LogP) is 0.913. The molecule has 88 valence electrons. The Morgan fingerprint density at radius 3 is 2.38 bits per heavy atom. The number of barbiturate groups is 1. The minimum Gasteiger partial charge on any atom is -0.277 e. The molecule has 0 aromatic heterocycles. The molecule has 1 heterocycles. The number of rotatable bonds is 2. The van der Waals surface area contributed by atoms with Gasteiger partial charge in [0.05, 0.1) is 0 Å². The molecule has 0 spiro atoms. The standard InChI is InChI=1S/C11H16N2O3/c1-5-6-13-9(15)7(11(2,3)4)8(14)12-10(13)16/h5,7H,1,6H2,2-4H3,(H,12,14,16). The van der Waals surface area contributed by atoms with Crippen LogP contribution < -0.4 is 5.32 Å². The van der Waals surface area contributed by atoms with Gasteiger partial charge in [0.1, 0.15) is 5.92 Å². The summed E-state index contributed by atoms with van der Waals surface area (Å²) in [4.78, 5) is 36.0. The van der Waals surface area contributed by atoms with Crippen LogP contribution in [0.25, 0.3) is 0 Å². The lowest BCUT2D eigenvalue weighted by molar-refractivity contribution is -0.146. The first-order valence-electron chi connectivity index (χ1n) is 5.06. The Morgan fingerprint density at radius 2 is 1.94 bits per heavy atom. The van der Waals surface area contributed by atoms with Gasteiger partial charge in [-0.3, -0.25) is 19.8 Å². The summed E-state index contributed by atoms with van der Waals surface area (Å²) >= 11 is 0. The molecule has 0 aromatic rings. The van der Waals surface area contributed by atoms with Crippen molar-refractivity contribution < 1.29 is 14.4 Å². The fourth-order valence-corrected chi connectivity index (χ4v) is 1.68. The fraction of sp³-hybridized carbons (Fsp3) is 0.545. The number of urea groups is 1. The van der Waals surface area contributed by atoms with Crippen molar-refractivity contribution in [1.82, 2.24) is 10.2 Å². The SMILES string of the molecule is C=CCN1C(=O)NC(=O)C(C(C)(C)C)C1=O. The van der Waals surface area contributed by atoms with Gasteiger partial charge < -0.3 is 0 Å². The van der Waals surface area contributed by atoms with E-state index in [1.54, 1.807) is 20.8 Å². The molecule has 0 bridgehead atoms. The van der Waals surface area contributed by atoms with E-state index in [2.05, 4.69) is 11.9 Å². The monoisotopic (exact) mass is 224 g/mol. The molecule has 1 saturated heterocycles. The number of hydrogen-bond donors (Lipinski definition) is 1. The normalized spacial score (nSPS) is 22.1. The van der Waals surface area contributed by atoms with Crippen molar-refractivity contribution in [2.45, 2.75) is 20.8 Å². The van der Waals surface area contributed by atoms with E-state index >= 15 is 0 Å². The van der Waals surface area contributed by atoms with Crippen molar-refractivity contribution in [1.29, 1.82) is 0 Å². The Hall–Kier alpha value is -1.65. The topological polar surface area (TPSA) is 66.5 Å². The molecular formula is C11H16N2O3. The van der Waals surface area contributed by atoms with Gasteiger partial charge in [0.15, 0.2) is 0 Å². The molecule has 1 N–H and O–H groups in total. The van der Waals surface area contributed by atoms with Gasteiger partial charge in [0, 0.05) is 6.54 Å². The predicted molar refractivity (Wildman–Crippen MR) is 58.4 cm³/mol. The Balaban J connectivity index is 3.04. The van der Waals surface area contributed by atoms with Crippen LogP contribution in [0, 0.1) is 11.3 Å². The first kappa shape index (κ1) is 12.4. The molecule has 1 atom stereocenters. The summed E-state index contributed by atoms with van der Waals surface area (Å²) in [7, 11) is 0. The van der Waals surface area contributed by atoms with E-state index in [1.807, 2.05) is 0 Å². The molecule has 1 aliphatic rings. The maximum absolute atomic E-state index is 12.0. The zero-order chi connectivity index (χ0) is 12.5. The van der Waals surface area contributed by atoms with Crippen LogP contribution in [0.2, 0.25) is 0 Å². The largest absolute Gasteiger partial charge is 0.331 e. The van der Waals surface area contributed by atoms with Gasteiger partial charge in [-0.05, 0) is 5.41 Å². The van der Waals surface area contributed by atoms with Crippen LogP contribution in [0.4, 0.5) is 4.79 Å². The second-order valence-electron chi connectivity index (χ2n) is 4.83. The number of hydrogen-bond acceptors (Lipinski definition) is 3. The van der Waals surface area contributed by atoms with E-state index in [0.29, 0.717) is 0 Å². The second-order valence-corrected chi connectivity index (χ2v) is 4.83. The molecule has 0 saturated carbocycles. The highest BCUT2D eigenvalue weighted by Gasteiger charge is 2.46. The van der Waals surface area contributed by atoms with Crippen LogP contribution in [0.1, 0.15) is 20.8 Å². The summed E-state index contributed by atoms with van der Waals surface area (Å²) in [6.07, 6.45) is 1.45. The molecule has 0 aliphatic carbocycles. The van der Waals surface area contributed by atoms with Gasteiger partial charge in [-0.25, -0.2) is 4.79 Å². The second kappa shape index (κ2) is 4.08. The van der Waals surface area contributed by atoms with Gasteiger partial charge in [-0.15, -0.1) is 6.58 Å². The van der Waals surface area contributed by atoms with E-state index in [0.717, 1.165) is 4.90 Å². The minimum absolute atomic E-state index is 0.116. The van der Waals surface area contributed by atoms with Gasteiger partial charge in [-0.1, -0.05) is 26.8 Å². The number of carbonyl (C=O) groups is 3. The van der Waals surface area contributed by atoms with Crippen molar-refractivity contribution >= 4 is 17.8 Å². The van der Waals surface area contributed by atoms with Crippen LogP contribution in [0.15, 0.2) is 12.7 Å². The maximum Gasteiger partial charge on any atom is 0.331 e. The number of nitrogens with zero attached hydrogens (tertiary/aromatic N) is 1. The van der Waals surface area contributed by atoms with Gasteiger partial charge in [-0.2, -0.15) is 0 Å². The third kappa shape index (κ3) is 2.13. The van der Waals surface area contributed by atoms with E-state index in [9.17, 15) is 14.4 Å². The first-order valence-corrected chi connectivity index (χ1v) is 5.06. The average molecular weight is 224 g/mol. The molecule has 1 aliphatic heterocycles. The zero-order valence-corrected chi connectivity index (χ0v) is 9.74. The highest BCUT2D eigenvalue weighted by atomic mass is 16.2. The smallest absolute Gasteiger partial charge is 0.277 e. The minimum atomic E-state index is -0.829. The Kier molecular flexibility index (Phi) is 3.16. The number of amides is 4. The number of nitrogens with one attached hydrogen (secondary N) is 1. The lowest BCUT2D eigenvalue weighted by Gasteiger charge is -2.35. The number of carbonyl (C=O) groups excluding carboxylic acids is 3. The molecule has 16 heavy (non-hydrogen) atoms. The van der Waals surface area contributed by atoms with Crippen LogP contribution in [-0.4, -0.2) is 29.3 Å². The van der Waals surface area contributed by atoms with E-state index in [-0.39, 0.29) is 6.54 Å². The lowest BCUT2D eigenvalue weighted by Crippen LogP contribution is -2.60. The molecule has 1 rings (SSSR count). The molecule has 1 fully saturated rings. The van der Waals surface area contributed by atoms with Crippen molar-refractivity contribution in [2.75, 3.05) is 6.54 Å². The molecule has 0 radical (unpaired) electrons. The number of imide groups is 2. The van der Waals surface area contributed by atoms with E-state index in [1.165, 1.54) is 6.08 Å². The van der Waals surface area contributed by atoms with Gasteiger partial charge >= 0.3 is 6.03 Å². The molecule has 4 amide bonds. The fourth-order valence-electron chi connectivity index (χ4n) is 1.68. The summed E-state index contributed by atoms with van der Waals surface area (Å²) in [5.74, 6) is -1.81. The van der Waals surface area contributed by atoms with E-state index in [4.69, 9.17) is 0 Å². The molecule has 5 heteroatoms. The van der Waals surface area contributed by atoms with Crippen LogP contribution in [-0.2, 0) is 9.59 Å².